The first-order valence-electron chi connectivity index (χ1n) is 11.6. The molecule has 1 fully saturated rings. The third-order valence-corrected chi connectivity index (χ3v) is 6.24. The molecule has 2 heterocycles. The average molecular weight is 473 g/mol. The Hall–Kier alpha value is -4.12. The lowest BCUT2D eigenvalue weighted by Gasteiger charge is -2.32. The van der Waals surface area contributed by atoms with Crippen LogP contribution in [0.2, 0.25) is 0 Å². The second kappa shape index (κ2) is 10.0. The monoisotopic (exact) mass is 472 g/mol. The van der Waals surface area contributed by atoms with E-state index in [-0.39, 0.29) is 23.7 Å². The van der Waals surface area contributed by atoms with Crippen LogP contribution in [0.3, 0.4) is 0 Å². The number of ether oxygens (including phenoxy) is 1. The van der Waals surface area contributed by atoms with Gasteiger partial charge < -0.3 is 19.5 Å². The predicted molar refractivity (Wildman–Crippen MR) is 130 cm³/mol. The number of carbonyl (C=O) groups excluding carboxylic acids is 2. The third kappa shape index (κ3) is 5.52. The first-order chi connectivity index (χ1) is 16.8. The van der Waals surface area contributed by atoms with Crippen LogP contribution in [0.5, 0.6) is 5.75 Å². The zero-order valence-electron chi connectivity index (χ0n) is 20.1. The summed E-state index contributed by atoms with van der Waals surface area (Å²) in [6, 6.07) is 16.5. The molecule has 8 nitrogen and oxygen atoms in total. The van der Waals surface area contributed by atoms with Gasteiger partial charge in [-0.05, 0) is 50.1 Å². The van der Waals surface area contributed by atoms with Crippen molar-refractivity contribution in [3.05, 3.63) is 77.2 Å². The Morgan fingerprint density at radius 2 is 1.94 bits per heavy atom. The molecule has 0 aliphatic carbocycles. The van der Waals surface area contributed by atoms with Gasteiger partial charge in [-0.3, -0.25) is 9.59 Å². The summed E-state index contributed by atoms with van der Waals surface area (Å²) >= 11 is 0. The summed E-state index contributed by atoms with van der Waals surface area (Å²) in [7, 11) is 0. The molecular weight excluding hydrogens is 444 g/mol. The second-order valence-corrected chi connectivity index (χ2v) is 9.24. The number of aryl methyl sites for hydroxylation is 1. The Kier molecular flexibility index (Phi) is 6.87. The molecule has 1 aromatic heterocycles. The van der Waals surface area contributed by atoms with Crippen molar-refractivity contribution in [3.63, 3.8) is 0 Å². The zero-order chi connectivity index (χ0) is 25.0. The maximum absolute atomic E-state index is 12.9. The third-order valence-electron chi connectivity index (χ3n) is 6.24. The lowest BCUT2D eigenvalue weighted by molar-refractivity contribution is 0.0557. The fourth-order valence-electron chi connectivity index (χ4n) is 3.96. The van der Waals surface area contributed by atoms with E-state index in [1.54, 1.807) is 29.2 Å². The first-order valence-corrected chi connectivity index (χ1v) is 11.6. The molecule has 0 unspecified atom stereocenters. The minimum absolute atomic E-state index is 0.0386. The first kappa shape index (κ1) is 24.0. The minimum Gasteiger partial charge on any atom is -0.490 e. The quantitative estimate of drug-likeness (QED) is 0.556. The molecule has 1 aliphatic rings. The summed E-state index contributed by atoms with van der Waals surface area (Å²) in [5, 5.41) is 15.9. The van der Waals surface area contributed by atoms with Gasteiger partial charge in [-0.25, -0.2) is 0 Å². The molecule has 0 atom stereocenters. The van der Waals surface area contributed by atoms with Gasteiger partial charge in [0.25, 0.3) is 11.8 Å². The lowest BCUT2D eigenvalue weighted by atomic mass is 9.85. The molecule has 2 amide bonds. The van der Waals surface area contributed by atoms with E-state index in [2.05, 4.69) is 16.5 Å². The van der Waals surface area contributed by atoms with E-state index in [0.29, 0.717) is 42.9 Å². The highest BCUT2D eigenvalue weighted by molar-refractivity contribution is 6.04. The van der Waals surface area contributed by atoms with Gasteiger partial charge in [0, 0.05) is 49.3 Å². The van der Waals surface area contributed by atoms with Crippen LogP contribution in [0, 0.1) is 18.3 Å². The maximum atomic E-state index is 12.9. The Bertz CT molecular complexity index is 1250. The molecule has 35 heavy (non-hydrogen) atoms. The molecule has 1 aliphatic heterocycles. The zero-order valence-corrected chi connectivity index (χ0v) is 20.1. The fourth-order valence-corrected chi connectivity index (χ4v) is 3.96. The SMILES string of the molecule is Cc1ccc(NC(=O)c2cccc(C(C)(C)C#N)c2)cc1OC1CCN(C(=O)c2ccno2)CC1. The van der Waals surface area contributed by atoms with Crippen molar-refractivity contribution in [3.8, 4) is 11.8 Å². The molecule has 8 heteroatoms. The van der Waals surface area contributed by atoms with Gasteiger partial charge in [-0.15, -0.1) is 0 Å². The van der Waals surface area contributed by atoms with Gasteiger partial charge in [0.2, 0.25) is 5.76 Å². The Labute approximate surface area is 204 Å². The fraction of sp³-hybridized carbons (Fsp3) is 0.333. The van der Waals surface area contributed by atoms with Crippen molar-refractivity contribution >= 4 is 17.5 Å². The molecule has 0 bridgehead atoms. The smallest absolute Gasteiger partial charge is 0.292 e. The van der Waals surface area contributed by atoms with Crippen LogP contribution in [0.1, 0.15) is 58.7 Å². The number of anilines is 1. The maximum Gasteiger partial charge on any atom is 0.292 e. The van der Waals surface area contributed by atoms with E-state index in [4.69, 9.17) is 9.26 Å². The molecule has 0 saturated carbocycles. The van der Waals surface area contributed by atoms with Crippen molar-refractivity contribution in [1.29, 1.82) is 5.26 Å². The van der Waals surface area contributed by atoms with Crippen molar-refractivity contribution in [1.82, 2.24) is 10.1 Å². The number of nitriles is 1. The summed E-state index contributed by atoms with van der Waals surface area (Å²) in [6.45, 7) is 6.73. The van der Waals surface area contributed by atoms with E-state index >= 15 is 0 Å². The summed E-state index contributed by atoms with van der Waals surface area (Å²) in [4.78, 5) is 27.1. The minimum atomic E-state index is -0.684. The highest BCUT2D eigenvalue weighted by Gasteiger charge is 2.27. The number of nitrogens with one attached hydrogen (secondary N) is 1. The van der Waals surface area contributed by atoms with Crippen LogP contribution in [-0.2, 0) is 5.41 Å². The standard InChI is InChI=1S/C27H28N4O4/c1-18-7-8-21(30-25(32)19-5-4-6-20(15-19)27(2,3)17-28)16-24(18)34-22-10-13-31(14-11-22)26(33)23-9-12-29-35-23/h4-9,12,15-16,22H,10-11,13-14H2,1-3H3,(H,30,32). The van der Waals surface area contributed by atoms with E-state index in [1.165, 1.54) is 6.20 Å². The van der Waals surface area contributed by atoms with Gasteiger partial charge in [-0.2, -0.15) is 5.26 Å². The van der Waals surface area contributed by atoms with Gasteiger partial charge in [-0.1, -0.05) is 23.4 Å². The lowest BCUT2D eigenvalue weighted by Crippen LogP contribution is -2.41. The molecule has 1 N–H and O–H groups in total. The van der Waals surface area contributed by atoms with Crippen LogP contribution >= 0.6 is 0 Å². The number of carbonyl (C=O) groups is 2. The number of likely N-dealkylation sites (tertiary alicyclic amines) is 1. The molecule has 1 saturated heterocycles. The van der Waals surface area contributed by atoms with Gasteiger partial charge >= 0.3 is 0 Å². The largest absolute Gasteiger partial charge is 0.490 e. The Morgan fingerprint density at radius 3 is 2.63 bits per heavy atom. The number of piperidine rings is 1. The number of hydrogen-bond acceptors (Lipinski definition) is 6. The highest BCUT2D eigenvalue weighted by atomic mass is 16.5. The topological polar surface area (TPSA) is 108 Å². The van der Waals surface area contributed by atoms with Crippen LogP contribution in [-0.4, -0.2) is 41.1 Å². The molecule has 180 valence electrons. The van der Waals surface area contributed by atoms with Crippen LogP contribution in [0.25, 0.3) is 0 Å². The summed E-state index contributed by atoms with van der Waals surface area (Å²) < 4.78 is 11.2. The number of benzene rings is 2. The van der Waals surface area contributed by atoms with E-state index in [1.807, 2.05) is 45.0 Å². The summed E-state index contributed by atoms with van der Waals surface area (Å²) in [5.74, 6) is 0.520. The van der Waals surface area contributed by atoms with Crippen molar-refractivity contribution < 1.29 is 18.8 Å². The summed E-state index contributed by atoms with van der Waals surface area (Å²) in [6.07, 6.45) is 2.80. The van der Waals surface area contributed by atoms with Crippen LogP contribution < -0.4 is 10.1 Å². The van der Waals surface area contributed by atoms with Crippen LogP contribution in [0.15, 0.2) is 59.3 Å². The van der Waals surface area contributed by atoms with Crippen molar-refractivity contribution in [2.45, 2.75) is 45.1 Å². The normalized spacial score (nSPS) is 14.3. The van der Waals surface area contributed by atoms with Gasteiger partial charge in [0.15, 0.2) is 0 Å². The van der Waals surface area contributed by atoms with Gasteiger partial charge in [0.05, 0.1) is 17.7 Å². The molecule has 0 radical (unpaired) electrons. The Morgan fingerprint density at radius 1 is 1.17 bits per heavy atom. The average Bonchev–Trinajstić information content (AvgIpc) is 3.41. The number of aromatic nitrogens is 1. The predicted octanol–water partition coefficient (Wildman–Crippen LogP) is 4.72. The molecule has 0 spiro atoms. The number of rotatable bonds is 6. The van der Waals surface area contributed by atoms with Crippen LogP contribution in [0.4, 0.5) is 5.69 Å². The van der Waals surface area contributed by atoms with Gasteiger partial charge in [0.1, 0.15) is 11.9 Å². The number of hydrogen-bond donors (Lipinski definition) is 1. The molecule has 4 rings (SSSR count). The van der Waals surface area contributed by atoms with Crippen molar-refractivity contribution in [2.24, 2.45) is 0 Å². The molecule has 3 aromatic rings. The second-order valence-electron chi connectivity index (χ2n) is 9.24. The van der Waals surface area contributed by atoms with E-state index in [0.717, 1.165) is 11.1 Å². The molecular formula is C27H28N4O4. The van der Waals surface area contributed by atoms with E-state index < -0.39 is 5.41 Å². The number of nitrogens with zero attached hydrogens (tertiary/aromatic N) is 3. The number of amides is 2. The molecule has 2 aromatic carbocycles. The highest BCUT2D eigenvalue weighted by Crippen LogP contribution is 2.28. The summed E-state index contributed by atoms with van der Waals surface area (Å²) in [5.41, 5.74) is 2.17. The van der Waals surface area contributed by atoms with Crippen molar-refractivity contribution in [2.75, 3.05) is 18.4 Å². The van der Waals surface area contributed by atoms with E-state index in [9.17, 15) is 14.9 Å². The Balaban J connectivity index is 1.39.